The Morgan fingerprint density at radius 3 is 2.80 bits per heavy atom. The zero-order valence-corrected chi connectivity index (χ0v) is 18.4. The van der Waals surface area contributed by atoms with Gasteiger partial charge in [0.25, 0.3) is 0 Å². The molecule has 2 aromatic heterocycles. The van der Waals surface area contributed by atoms with E-state index >= 15 is 0 Å². The summed E-state index contributed by atoms with van der Waals surface area (Å²) in [6, 6.07) is 6.91. The maximum absolute atomic E-state index is 12.7. The Hall–Kier alpha value is -1.90. The van der Waals surface area contributed by atoms with Gasteiger partial charge in [0.15, 0.2) is 5.82 Å². The number of aromatic nitrogens is 3. The van der Waals surface area contributed by atoms with E-state index in [1.54, 1.807) is 0 Å². The fourth-order valence-corrected chi connectivity index (χ4v) is 5.96. The van der Waals surface area contributed by atoms with Gasteiger partial charge in [-0.25, -0.2) is 4.98 Å². The van der Waals surface area contributed by atoms with Crippen LogP contribution in [-0.4, -0.2) is 80.1 Å². The van der Waals surface area contributed by atoms with Crippen LogP contribution in [0.25, 0.3) is 11.5 Å². The molecule has 0 aromatic carbocycles. The van der Waals surface area contributed by atoms with Crippen molar-refractivity contribution in [1.29, 1.82) is 0 Å². The molecule has 3 aliphatic rings. The first-order valence-electron chi connectivity index (χ1n) is 11.0. The molecule has 30 heavy (non-hydrogen) atoms. The summed E-state index contributed by atoms with van der Waals surface area (Å²) in [5.41, 5.74) is 1.98. The Morgan fingerprint density at radius 2 is 2.07 bits per heavy atom. The molecule has 0 bridgehead atoms. The fraction of sp³-hybridized carbons (Fsp3) is 0.591. The van der Waals surface area contributed by atoms with Gasteiger partial charge >= 0.3 is 0 Å². The second kappa shape index (κ2) is 8.69. The second-order valence-electron chi connectivity index (χ2n) is 8.58. The van der Waals surface area contributed by atoms with Gasteiger partial charge in [-0.3, -0.25) is 14.7 Å². The largest absolute Gasteiger partial charge is 0.331 e. The lowest BCUT2D eigenvalue weighted by Crippen LogP contribution is -2.43. The molecular formula is C22H30N6OS. The maximum Gasteiger partial charge on any atom is 0.240 e. The summed E-state index contributed by atoms with van der Waals surface area (Å²) in [4.78, 5) is 26.6. The van der Waals surface area contributed by atoms with Gasteiger partial charge in [-0.05, 0) is 38.3 Å². The molecule has 7 nitrogen and oxygen atoms in total. The molecule has 5 heterocycles. The number of carbonyl (C=O) groups is 1. The molecule has 5 rings (SSSR count). The zero-order valence-electron chi connectivity index (χ0n) is 17.5. The molecule has 0 spiro atoms. The van der Waals surface area contributed by atoms with Gasteiger partial charge in [-0.1, -0.05) is 6.07 Å². The minimum atomic E-state index is -0.00141. The number of amides is 1. The summed E-state index contributed by atoms with van der Waals surface area (Å²) in [5, 5.41) is 3.49. The van der Waals surface area contributed by atoms with Gasteiger partial charge < -0.3 is 14.8 Å². The van der Waals surface area contributed by atoms with Crippen molar-refractivity contribution >= 4 is 17.7 Å². The van der Waals surface area contributed by atoms with E-state index in [-0.39, 0.29) is 6.04 Å². The van der Waals surface area contributed by atoms with Crippen molar-refractivity contribution in [1.82, 2.24) is 29.7 Å². The van der Waals surface area contributed by atoms with Crippen molar-refractivity contribution in [2.24, 2.45) is 0 Å². The van der Waals surface area contributed by atoms with Crippen LogP contribution in [0.1, 0.15) is 31.0 Å². The van der Waals surface area contributed by atoms with E-state index in [4.69, 9.17) is 4.98 Å². The van der Waals surface area contributed by atoms with Crippen LogP contribution in [0.5, 0.6) is 0 Å². The molecule has 3 fully saturated rings. The Kier molecular flexibility index (Phi) is 5.80. The number of hydrogen-bond acceptors (Lipinski definition) is 6. The number of hydrogen-bond donors (Lipinski definition) is 1. The monoisotopic (exact) mass is 426 g/mol. The van der Waals surface area contributed by atoms with E-state index in [9.17, 15) is 4.79 Å². The second-order valence-corrected chi connectivity index (χ2v) is 9.66. The molecule has 3 aliphatic heterocycles. The molecule has 0 unspecified atom stereocenters. The number of imidazole rings is 1. The van der Waals surface area contributed by atoms with E-state index in [0.717, 1.165) is 74.3 Å². The minimum absolute atomic E-state index is 0.00141. The van der Waals surface area contributed by atoms with Crippen LogP contribution in [0.4, 0.5) is 0 Å². The van der Waals surface area contributed by atoms with E-state index in [1.807, 2.05) is 41.1 Å². The molecule has 0 radical (unpaired) electrons. The summed E-state index contributed by atoms with van der Waals surface area (Å²) in [6.45, 7) is 6.01. The van der Waals surface area contributed by atoms with E-state index in [2.05, 4.69) is 32.9 Å². The Labute approximate surface area is 182 Å². The van der Waals surface area contributed by atoms with Crippen LogP contribution in [0.3, 0.4) is 0 Å². The van der Waals surface area contributed by atoms with Crippen molar-refractivity contribution < 1.29 is 4.79 Å². The first-order chi connectivity index (χ1) is 14.7. The number of nitrogens with zero attached hydrogens (tertiary/aromatic N) is 5. The molecule has 2 aromatic rings. The maximum atomic E-state index is 12.7. The van der Waals surface area contributed by atoms with Gasteiger partial charge in [0.05, 0.1) is 17.6 Å². The highest BCUT2D eigenvalue weighted by Gasteiger charge is 2.37. The number of likely N-dealkylation sites (tertiary alicyclic amines) is 1. The van der Waals surface area contributed by atoms with E-state index in [0.29, 0.717) is 18.0 Å². The Morgan fingerprint density at radius 1 is 1.20 bits per heavy atom. The summed E-state index contributed by atoms with van der Waals surface area (Å²) >= 11 is 1.85. The van der Waals surface area contributed by atoms with Gasteiger partial charge in [-0.2, -0.15) is 0 Å². The van der Waals surface area contributed by atoms with Crippen molar-refractivity contribution in [2.45, 2.75) is 44.3 Å². The molecule has 2 atom stereocenters. The molecular weight excluding hydrogens is 396 g/mol. The lowest BCUT2D eigenvalue weighted by molar-refractivity contribution is -0.131. The van der Waals surface area contributed by atoms with Crippen LogP contribution in [0, 0.1) is 6.92 Å². The number of rotatable bonds is 4. The summed E-state index contributed by atoms with van der Waals surface area (Å²) in [7, 11) is 0. The quantitative estimate of drug-likeness (QED) is 0.808. The number of thioether (sulfide) groups is 1. The van der Waals surface area contributed by atoms with Crippen molar-refractivity contribution in [2.75, 3.05) is 37.8 Å². The average Bonchev–Trinajstić information content (AvgIpc) is 3.55. The highest BCUT2D eigenvalue weighted by molar-refractivity contribution is 7.99. The standard InChI is InChI=1S/C22H30N6OS/c1-16-14-28(21(25-16)19-4-2-3-7-23-19)17-5-8-26(9-6-17)18-12-20(24-13-18)22(29)27-10-11-30-15-27/h2-4,7,14,17-18,20,24H,5-6,8-13,15H2,1H3/t18-,20-/m0/s1. The number of carbonyl (C=O) groups excluding carboxylic acids is 1. The van der Waals surface area contributed by atoms with Crippen LogP contribution < -0.4 is 5.32 Å². The van der Waals surface area contributed by atoms with Crippen LogP contribution >= 0.6 is 11.8 Å². The topological polar surface area (TPSA) is 66.3 Å². The lowest BCUT2D eigenvalue weighted by atomic mass is 10.0. The predicted octanol–water partition coefficient (Wildman–Crippen LogP) is 2.15. The number of pyridine rings is 1. The molecule has 0 aliphatic carbocycles. The van der Waals surface area contributed by atoms with Crippen molar-refractivity contribution in [3.63, 3.8) is 0 Å². The first-order valence-corrected chi connectivity index (χ1v) is 12.2. The van der Waals surface area contributed by atoms with Gasteiger partial charge in [0, 0.05) is 56.4 Å². The van der Waals surface area contributed by atoms with Crippen molar-refractivity contribution in [3.05, 3.63) is 36.3 Å². The third-order valence-electron chi connectivity index (χ3n) is 6.63. The third-order valence-corrected chi connectivity index (χ3v) is 7.59. The summed E-state index contributed by atoms with van der Waals surface area (Å²) in [5.74, 6) is 3.20. The smallest absolute Gasteiger partial charge is 0.240 e. The Bertz CT molecular complexity index is 873. The van der Waals surface area contributed by atoms with Crippen LogP contribution in [-0.2, 0) is 4.79 Å². The fourth-order valence-electron chi connectivity index (χ4n) is 5.00. The zero-order chi connectivity index (χ0) is 20.5. The minimum Gasteiger partial charge on any atom is -0.331 e. The van der Waals surface area contributed by atoms with Crippen LogP contribution in [0.15, 0.2) is 30.6 Å². The number of aryl methyl sites for hydroxylation is 1. The number of nitrogens with one attached hydrogen (secondary N) is 1. The SMILES string of the molecule is Cc1cn(C2CCN([C@@H]3CN[C@H](C(=O)N4CCSC4)C3)CC2)c(-c2ccccn2)n1. The summed E-state index contributed by atoms with van der Waals surface area (Å²) in [6.07, 6.45) is 7.15. The molecule has 0 saturated carbocycles. The average molecular weight is 427 g/mol. The van der Waals surface area contributed by atoms with Crippen LogP contribution in [0.2, 0.25) is 0 Å². The summed E-state index contributed by atoms with van der Waals surface area (Å²) < 4.78 is 2.33. The molecule has 160 valence electrons. The molecule has 8 heteroatoms. The molecule has 1 N–H and O–H groups in total. The first kappa shape index (κ1) is 20.0. The van der Waals surface area contributed by atoms with Gasteiger partial charge in [0.2, 0.25) is 5.91 Å². The predicted molar refractivity (Wildman–Crippen MR) is 119 cm³/mol. The lowest BCUT2D eigenvalue weighted by Gasteiger charge is -2.36. The molecule has 1 amide bonds. The third kappa shape index (κ3) is 4.00. The molecule has 3 saturated heterocycles. The van der Waals surface area contributed by atoms with Gasteiger partial charge in [-0.15, -0.1) is 11.8 Å². The normalized spacial score (nSPS) is 25.8. The van der Waals surface area contributed by atoms with E-state index in [1.165, 1.54) is 0 Å². The highest BCUT2D eigenvalue weighted by atomic mass is 32.2. The van der Waals surface area contributed by atoms with Gasteiger partial charge in [0.1, 0.15) is 5.69 Å². The highest BCUT2D eigenvalue weighted by Crippen LogP contribution is 2.30. The Balaban J connectivity index is 1.20. The van der Waals surface area contributed by atoms with Crippen molar-refractivity contribution in [3.8, 4) is 11.5 Å². The van der Waals surface area contributed by atoms with E-state index < -0.39 is 0 Å². The number of piperidine rings is 1.